The molecule has 0 aliphatic rings. The fraction of sp³-hybridized carbons (Fsp3) is 0.545. The van der Waals surface area contributed by atoms with Crippen LogP contribution in [-0.4, -0.2) is 52.4 Å². The van der Waals surface area contributed by atoms with Crippen LogP contribution in [-0.2, 0) is 9.59 Å². The average molecular weight is 270 g/mol. The molecule has 0 fully saturated rings. The second-order valence-electron chi connectivity index (χ2n) is 3.93. The smallest absolute Gasteiger partial charge is 0.247 e. The Hall–Kier alpha value is -1.50. The number of aromatic nitrogens is 2. The van der Waals surface area contributed by atoms with E-state index in [4.69, 9.17) is 0 Å². The molecule has 7 heteroatoms. The van der Waals surface area contributed by atoms with E-state index in [9.17, 15) is 9.59 Å². The van der Waals surface area contributed by atoms with Crippen LogP contribution >= 0.6 is 12.6 Å². The van der Waals surface area contributed by atoms with E-state index in [1.165, 1.54) is 4.90 Å². The number of likely N-dealkylation sites (N-methyl/N-ethyl adjacent to an activating group) is 1. The van der Waals surface area contributed by atoms with Crippen molar-refractivity contribution in [2.45, 2.75) is 13.0 Å². The van der Waals surface area contributed by atoms with Crippen molar-refractivity contribution < 1.29 is 9.59 Å². The summed E-state index contributed by atoms with van der Waals surface area (Å²) < 4.78 is 1.56. The summed E-state index contributed by atoms with van der Waals surface area (Å²) in [6.07, 6.45) is 3.33. The number of carbonyl (C=O) groups excluding carboxylic acids is 2. The lowest BCUT2D eigenvalue weighted by Gasteiger charge is -2.21. The van der Waals surface area contributed by atoms with Crippen LogP contribution in [0.15, 0.2) is 18.5 Å². The Morgan fingerprint density at radius 2 is 2.28 bits per heavy atom. The van der Waals surface area contributed by atoms with Gasteiger partial charge in [0.2, 0.25) is 11.8 Å². The maximum Gasteiger partial charge on any atom is 0.247 e. The van der Waals surface area contributed by atoms with E-state index in [-0.39, 0.29) is 18.4 Å². The first-order valence-electron chi connectivity index (χ1n) is 5.68. The van der Waals surface area contributed by atoms with E-state index in [0.29, 0.717) is 12.3 Å². The normalized spacial score (nSPS) is 11.9. The van der Waals surface area contributed by atoms with Crippen LogP contribution in [0.4, 0.5) is 0 Å². The van der Waals surface area contributed by atoms with Crippen molar-refractivity contribution in [1.29, 1.82) is 0 Å². The fourth-order valence-corrected chi connectivity index (χ4v) is 1.60. The summed E-state index contributed by atoms with van der Waals surface area (Å²) in [6, 6.07) is 1.34. The number of rotatable bonds is 6. The molecule has 1 rings (SSSR count). The topological polar surface area (TPSA) is 67.2 Å². The van der Waals surface area contributed by atoms with E-state index < -0.39 is 6.04 Å². The summed E-state index contributed by atoms with van der Waals surface area (Å²) in [6.45, 7) is 2.29. The van der Waals surface area contributed by atoms with Gasteiger partial charge >= 0.3 is 0 Å². The predicted molar refractivity (Wildman–Crippen MR) is 71.4 cm³/mol. The van der Waals surface area contributed by atoms with Gasteiger partial charge in [0.05, 0.1) is 6.54 Å². The van der Waals surface area contributed by atoms with E-state index in [1.807, 2.05) is 0 Å². The van der Waals surface area contributed by atoms with Gasteiger partial charge in [-0.15, -0.1) is 0 Å². The maximum absolute atomic E-state index is 12.0. The lowest BCUT2D eigenvalue weighted by atomic mass is 10.3. The minimum Gasteiger partial charge on any atom is -0.354 e. The molecule has 0 saturated heterocycles. The third kappa shape index (κ3) is 4.06. The van der Waals surface area contributed by atoms with Crippen LogP contribution in [0.3, 0.4) is 0 Å². The fourth-order valence-electron chi connectivity index (χ4n) is 1.49. The standard InChI is InChI=1S/C11H18N4O2S/c1-9(15-6-3-4-13-15)11(17)14(2)8-10(16)12-5-7-18/h3-4,6,9,18H,5,7-8H2,1-2H3,(H,12,16). The molecule has 0 aliphatic carbocycles. The molecule has 100 valence electrons. The molecule has 0 aliphatic heterocycles. The Morgan fingerprint density at radius 1 is 1.56 bits per heavy atom. The Balaban J connectivity index is 2.48. The van der Waals surface area contributed by atoms with Gasteiger partial charge < -0.3 is 10.2 Å². The predicted octanol–water partition coefficient (Wildman–Crippen LogP) is -0.0515. The van der Waals surface area contributed by atoms with Gasteiger partial charge in [0.1, 0.15) is 6.04 Å². The molecule has 18 heavy (non-hydrogen) atoms. The van der Waals surface area contributed by atoms with Crippen molar-refractivity contribution in [2.75, 3.05) is 25.9 Å². The summed E-state index contributed by atoms with van der Waals surface area (Å²) in [4.78, 5) is 24.9. The van der Waals surface area contributed by atoms with Gasteiger partial charge in [-0.3, -0.25) is 14.3 Å². The molecular formula is C11H18N4O2S. The number of thiol groups is 1. The van der Waals surface area contributed by atoms with Gasteiger partial charge in [-0.05, 0) is 13.0 Å². The van der Waals surface area contributed by atoms with E-state index in [2.05, 4.69) is 23.0 Å². The Labute approximate surface area is 112 Å². The van der Waals surface area contributed by atoms with Crippen LogP contribution in [0.2, 0.25) is 0 Å². The van der Waals surface area contributed by atoms with Crippen molar-refractivity contribution >= 4 is 24.4 Å². The van der Waals surface area contributed by atoms with Gasteiger partial charge in [0.25, 0.3) is 0 Å². The third-order valence-corrected chi connectivity index (χ3v) is 2.69. The molecule has 1 unspecified atom stereocenters. The molecule has 1 atom stereocenters. The van der Waals surface area contributed by atoms with Gasteiger partial charge in [-0.2, -0.15) is 17.7 Å². The highest BCUT2D eigenvalue weighted by Crippen LogP contribution is 2.06. The van der Waals surface area contributed by atoms with Crippen molar-refractivity contribution in [3.63, 3.8) is 0 Å². The molecular weight excluding hydrogens is 252 g/mol. The third-order valence-electron chi connectivity index (χ3n) is 2.47. The zero-order valence-electron chi connectivity index (χ0n) is 10.5. The highest BCUT2D eigenvalue weighted by Gasteiger charge is 2.20. The van der Waals surface area contributed by atoms with Crippen LogP contribution in [0.5, 0.6) is 0 Å². The molecule has 0 aromatic carbocycles. The first-order chi connectivity index (χ1) is 8.56. The first kappa shape index (κ1) is 14.6. The number of carbonyl (C=O) groups is 2. The summed E-state index contributed by atoms with van der Waals surface area (Å²) in [5.74, 6) is 0.236. The van der Waals surface area contributed by atoms with E-state index >= 15 is 0 Å². The first-order valence-corrected chi connectivity index (χ1v) is 6.31. The van der Waals surface area contributed by atoms with Crippen molar-refractivity contribution in [3.05, 3.63) is 18.5 Å². The molecule has 1 heterocycles. The number of nitrogens with one attached hydrogen (secondary N) is 1. The number of amides is 2. The summed E-state index contributed by atoms with van der Waals surface area (Å²) in [5, 5.41) is 6.67. The Bertz CT molecular complexity index is 394. The van der Waals surface area contributed by atoms with Gasteiger partial charge in [-0.1, -0.05) is 0 Å². The number of hydrogen-bond acceptors (Lipinski definition) is 4. The molecule has 2 amide bonds. The van der Waals surface area contributed by atoms with Crippen molar-refractivity contribution in [3.8, 4) is 0 Å². The monoisotopic (exact) mass is 270 g/mol. The van der Waals surface area contributed by atoms with E-state index in [0.717, 1.165) is 0 Å². The second kappa shape index (κ2) is 7.05. The highest BCUT2D eigenvalue weighted by atomic mass is 32.1. The minimum atomic E-state index is -0.414. The molecule has 0 bridgehead atoms. The second-order valence-corrected chi connectivity index (χ2v) is 4.38. The zero-order chi connectivity index (χ0) is 13.5. The van der Waals surface area contributed by atoms with Gasteiger partial charge in [0.15, 0.2) is 0 Å². The van der Waals surface area contributed by atoms with E-state index in [1.54, 1.807) is 37.1 Å². The molecule has 1 N–H and O–H groups in total. The van der Waals surface area contributed by atoms with Crippen LogP contribution in [0.1, 0.15) is 13.0 Å². The Kier molecular flexibility index (Phi) is 5.70. The van der Waals surface area contributed by atoms with Crippen molar-refractivity contribution in [2.24, 2.45) is 0 Å². The number of nitrogens with zero attached hydrogens (tertiary/aromatic N) is 3. The zero-order valence-corrected chi connectivity index (χ0v) is 11.4. The molecule has 1 aromatic heterocycles. The largest absolute Gasteiger partial charge is 0.354 e. The summed E-state index contributed by atoms with van der Waals surface area (Å²) in [5.41, 5.74) is 0. The lowest BCUT2D eigenvalue weighted by Crippen LogP contribution is -2.41. The number of hydrogen-bond donors (Lipinski definition) is 2. The quantitative estimate of drug-likeness (QED) is 0.712. The Morgan fingerprint density at radius 3 is 2.83 bits per heavy atom. The summed E-state index contributed by atoms with van der Waals surface area (Å²) in [7, 11) is 1.60. The SMILES string of the molecule is CC(C(=O)N(C)CC(=O)NCCS)n1cccn1. The van der Waals surface area contributed by atoms with Crippen LogP contribution < -0.4 is 5.32 Å². The summed E-state index contributed by atoms with van der Waals surface area (Å²) >= 11 is 3.99. The molecule has 1 aromatic rings. The van der Waals surface area contributed by atoms with Crippen molar-refractivity contribution in [1.82, 2.24) is 20.0 Å². The van der Waals surface area contributed by atoms with Crippen LogP contribution in [0, 0.1) is 0 Å². The highest BCUT2D eigenvalue weighted by molar-refractivity contribution is 7.80. The van der Waals surface area contributed by atoms with Gasteiger partial charge in [0, 0.05) is 31.7 Å². The van der Waals surface area contributed by atoms with Crippen LogP contribution in [0.25, 0.3) is 0 Å². The molecule has 0 radical (unpaired) electrons. The maximum atomic E-state index is 12.0. The van der Waals surface area contributed by atoms with Gasteiger partial charge in [-0.25, -0.2) is 0 Å². The lowest BCUT2D eigenvalue weighted by molar-refractivity contribution is -0.137. The molecule has 6 nitrogen and oxygen atoms in total. The molecule has 0 spiro atoms. The average Bonchev–Trinajstić information content (AvgIpc) is 2.88. The minimum absolute atomic E-state index is 0.0399. The molecule has 0 saturated carbocycles.